The van der Waals surface area contributed by atoms with Crippen molar-refractivity contribution in [2.24, 2.45) is 0 Å². The monoisotopic (exact) mass is 1320 g/mol. The molecule has 0 nitrogen and oxygen atoms in total. The molecule has 0 saturated carbocycles. The quantitative estimate of drug-likeness (QED) is 0.107. The summed E-state index contributed by atoms with van der Waals surface area (Å²) in [4.78, 5) is 0. The van der Waals surface area contributed by atoms with Gasteiger partial charge in [0.25, 0.3) is 0 Å². The molecule has 480 valence electrons. The summed E-state index contributed by atoms with van der Waals surface area (Å²) < 4.78 is 0. The predicted molar refractivity (Wildman–Crippen MR) is 427 cm³/mol. The molecular formula is C92H92P4. The van der Waals surface area contributed by atoms with E-state index in [1.54, 1.807) is 0 Å². The minimum Gasteiger partial charge on any atom is -0.0622 e. The average molecular weight is 1320 g/mol. The minimum atomic E-state index is -1.12. The van der Waals surface area contributed by atoms with E-state index in [-0.39, 0.29) is 21.7 Å². The lowest BCUT2D eigenvalue weighted by molar-refractivity contribution is 0.587. The van der Waals surface area contributed by atoms with Crippen LogP contribution in [0.4, 0.5) is 0 Å². The van der Waals surface area contributed by atoms with Crippen molar-refractivity contribution in [3.05, 3.63) is 358 Å². The van der Waals surface area contributed by atoms with Gasteiger partial charge in [0.05, 0.1) is 0 Å². The second-order valence-electron chi connectivity index (χ2n) is 30.3. The Labute approximate surface area is 579 Å². The zero-order valence-electron chi connectivity index (χ0n) is 58.3. The molecule has 96 heavy (non-hydrogen) atoms. The third-order valence-electron chi connectivity index (χ3n) is 19.1. The van der Waals surface area contributed by atoms with Gasteiger partial charge in [-0.05, 0) is 209 Å². The van der Waals surface area contributed by atoms with Gasteiger partial charge in [0.15, 0.2) is 0 Å². The Morgan fingerprint density at radius 1 is 0.177 bits per heavy atom. The molecule has 8 bridgehead atoms. The Hall–Kier alpha value is -7.64. The lowest BCUT2D eigenvalue weighted by Crippen LogP contribution is -2.34. The Kier molecular flexibility index (Phi) is 19.6. The molecule has 4 heteroatoms. The lowest BCUT2D eigenvalue weighted by Gasteiger charge is -2.34. The fraction of sp³-hybridized carbons (Fsp3) is 0.217. The van der Waals surface area contributed by atoms with E-state index in [9.17, 15) is 0 Å². The van der Waals surface area contributed by atoms with Gasteiger partial charge in [0.1, 0.15) is 0 Å². The number of hydrogen-bond acceptors (Lipinski definition) is 0. The van der Waals surface area contributed by atoms with Crippen LogP contribution in [0.25, 0.3) is 0 Å². The Balaban J connectivity index is 1.28. The molecule has 0 fully saturated rings. The van der Waals surface area contributed by atoms with Crippen LogP contribution in [0.5, 0.6) is 0 Å². The minimum absolute atomic E-state index is 0.172. The highest BCUT2D eigenvalue weighted by atomic mass is 31.1. The van der Waals surface area contributed by atoms with Crippen molar-refractivity contribution in [2.75, 3.05) is 0 Å². The highest BCUT2D eigenvalue weighted by Crippen LogP contribution is 2.47. The summed E-state index contributed by atoms with van der Waals surface area (Å²) in [5, 5.41) is 16.9. The fourth-order valence-electron chi connectivity index (χ4n) is 14.1. The standard InChI is InChI=1S/C92H92P4/c1-89(2,3)73-57-65-53-67-59-74(90(4,5)6)61-69(86(67)94(79-41-25-15-26-42-79)80-43-27-16-28-44-80)55-71-63-76(92(10,11)12)64-72(88(71)96(83-49-33-19-34-50-83)84-51-35-20-36-52-84)56-70-62-75(91(7,8)9)60-68(87(70)95(81-45-29-17-30-46-81)82-47-31-18-32-48-82)54-66(58-73)85(65)93(77-37-21-13-22-38-77)78-39-23-14-24-40-78/h13-52,57-64H,53-56H2,1-12H3. The maximum absolute atomic E-state index is 2.69. The largest absolute Gasteiger partial charge is 0.0622 e. The highest BCUT2D eigenvalue weighted by Gasteiger charge is 2.36. The van der Waals surface area contributed by atoms with Crippen molar-refractivity contribution in [2.45, 2.75) is 130 Å². The topological polar surface area (TPSA) is 0 Å². The van der Waals surface area contributed by atoms with Crippen LogP contribution in [-0.4, -0.2) is 0 Å². The number of hydrogen-bond donors (Lipinski definition) is 0. The van der Waals surface area contributed by atoms with Crippen LogP contribution >= 0.6 is 31.7 Å². The molecule has 0 aliphatic heterocycles. The van der Waals surface area contributed by atoms with Crippen LogP contribution in [0.1, 0.15) is 150 Å². The predicted octanol–water partition coefficient (Wildman–Crippen LogP) is 18.6. The zero-order chi connectivity index (χ0) is 66.9. The van der Waals surface area contributed by atoms with Gasteiger partial charge in [0, 0.05) is 0 Å². The van der Waals surface area contributed by atoms with E-state index >= 15 is 0 Å². The maximum Gasteiger partial charge on any atom is -0.00122 e. The molecule has 13 rings (SSSR count). The van der Waals surface area contributed by atoms with Gasteiger partial charge in [-0.15, -0.1) is 0 Å². The summed E-state index contributed by atoms with van der Waals surface area (Å²) in [6.07, 6.45) is 3.04. The molecule has 12 aromatic carbocycles. The Bertz CT molecular complexity index is 3780. The van der Waals surface area contributed by atoms with Crippen LogP contribution in [-0.2, 0) is 47.3 Å². The number of rotatable bonds is 12. The molecule has 0 N–H and O–H groups in total. The van der Waals surface area contributed by atoms with Gasteiger partial charge in [-0.2, -0.15) is 0 Å². The van der Waals surface area contributed by atoms with Crippen LogP contribution in [0, 0.1) is 0 Å². The summed E-state index contributed by atoms with van der Waals surface area (Å²) in [5.41, 5.74) is 16.2. The third kappa shape index (κ3) is 14.5. The first-order valence-electron chi connectivity index (χ1n) is 34.4. The molecule has 0 spiro atoms. The third-order valence-corrected chi connectivity index (χ3v) is 29.7. The van der Waals surface area contributed by atoms with E-state index in [1.807, 2.05) is 0 Å². The van der Waals surface area contributed by atoms with Gasteiger partial charge in [-0.1, -0.05) is 374 Å². The highest BCUT2D eigenvalue weighted by molar-refractivity contribution is 7.81. The van der Waals surface area contributed by atoms with Gasteiger partial charge in [-0.3, -0.25) is 0 Å². The molecule has 0 heterocycles. The van der Waals surface area contributed by atoms with Gasteiger partial charge in [0.2, 0.25) is 0 Å². The zero-order valence-corrected chi connectivity index (χ0v) is 61.9. The maximum atomic E-state index is 2.69. The van der Waals surface area contributed by atoms with E-state index in [1.165, 1.54) is 130 Å². The first kappa shape index (κ1) is 67.0. The van der Waals surface area contributed by atoms with Crippen molar-refractivity contribution < 1.29 is 0 Å². The first-order chi connectivity index (χ1) is 46.2. The Morgan fingerprint density at radius 3 is 0.396 bits per heavy atom. The van der Waals surface area contributed by atoms with E-state index in [4.69, 9.17) is 0 Å². The van der Waals surface area contributed by atoms with Crippen LogP contribution in [0.2, 0.25) is 0 Å². The molecule has 0 unspecified atom stereocenters. The molecule has 12 aromatic rings. The van der Waals surface area contributed by atoms with Crippen LogP contribution in [0.3, 0.4) is 0 Å². The molecule has 1 aliphatic rings. The molecular weight excluding hydrogens is 1230 g/mol. The van der Waals surface area contributed by atoms with Crippen molar-refractivity contribution in [1.82, 2.24) is 0 Å². The molecule has 0 saturated heterocycles. The van der Waals surface area contributed by atoms with Gasteiger partial charge < -0.3 is 0 Å². The lowest BCUT2D eigenvalue weighted by atomic mass is 9.80. The number of fused-ring (bicyclic) bond motifs is 8. The SMILES string of the molecule is CC(C)(C)c1cc2c(P(c3ccccc3)c3ccccc3)c(c1)Cc1cc(C(C)(C)C)cc(c1P(c1ccccc1)c1ccccc1)Cc1cc(C(C)(C)C)cc(c1P(c1ccccc1)c1ccccc1)Cc1cc(C(C)(C)C)cc(c1P(c1ccccc1)c1ccccc1)C2. The molecule has 1 aliphatic carbocycles. The van der Waals surface area contributed by atoms with Crippen molar-refractivity contribution in [3.8, 4) is 0 Å². The fourth-order valence-corrected chi connectivity index (χ4v) is 24.5. The second kappa shape index (κ2) is 28.1. The molecule has 0 amide bonds. The van der Waals surface area contributed by atoms with E-state index < -0.39 is 31.7 Å². The average Bonchev–Trinajstić information content (AvgIpc) is 0.754. The summed E-state index contributed by atoms with van der Waals surface area (Å²) in [6, 6.07) is 114. The summed E-state index contributed by atoms with van der Waals surface area (Å²) >= 11 is 0. The smallest absolute Gasteiger partial charge is 0.00122 e. The Morgan fingerprint density at radius 2 is 0.292 bits per heavy atom. The molecule has 0 radical (unpaired) electrons. The van der Waals surface area contributed by atoms with Crippen molar-refractivity contribution in [3.63, 3.8) is 0 Å². The second-order valence-corrected chi connectivity index (χ2v) is 38.9. The summed E-state index contributed by atoms with van der Waals surface area (Å²) in [6.45, 7) is 29.3. The summed E-state index contributed by atoms with van der Waals surface area (Å²) in [5.74, 6) is 0. The van der Waals surface area contributed by atoms with E-state index in [2.05, 4.69) is 374 Å². The van der Waals surface area contributed by atoms with Crippen molar-refractivity contribution in [1.29, 1.82) is 0 Å². The van der Waals surface area contributed by atoms with Crippen LogP contribution in [0.15, 0.2) is 291 Å². The normalized spacial score (nSPS) is 13.0. The first-order valence-corrected chi connectivity index (χ1v) is 39.8. The van der Waals surface area contributed by atoms with Crippen molar-refractivity contribution >= 4 is 95.3 Å². The summed E-state index contributed by atoms with van der Waals surface area (Å²) in [7, 11) is -4.49. The number of benzene rings is 12. The van der Waals surface area contributed by atoms with E-state index in [0.29, 0.717) is 0 Å². The van der Waals surface area contributed by atoms with E-state index in [0.717, 1.165) is 25.7 Å². The molecule has 0 atom stereocenters. The van der Waals surface area contributed by atoms with Gasteiger partial charge >= 0.3 is 0 Å². The van der Waals surface area contributed by atoms with Crippen LogP contribution < -0.4 is 63.7 Å². The van der Waals surface area contributed by atoms with Gasteiger partial charge in [-0.25, -0.2) is 0 Å². The molecule has 0 aromatic heterocycles.